The number of benzene rings is 1. The molecule has 0 aliphatic carbocycles. The van der Waals surface area contributed by atoms with Crippen LogP contribution >= 0.6 is 0 Å². The molecule has 0 amide bonds. The molecule has 1 aromatic carbocycles. The summed E-state index contributed by atoms with van der Waals surface area (Å²) in [6, 6.07) is 8.20. The predicted octanol–water partition coefficient (Wildman–Crippen LogP) is 1.89. The van der Waals surface area contributed by atoms with Gasteiger partial charge in [-0.3, -0.25) is 10.4 Å². The number of hydrogen-bond donors (Lipinski definition) is 3. The Morgan fingerprint density at radius 2 is 2.06 bits per heavy atom. The predicted molar refractivity (Wildman–Crippen MR) is 69.4 cm³/mol. The molecule has 1 aromatic rings. The van der Waals surface area contributed by atoms with Crippen LogP contribution in [-0.4, -0.2) is 12.5 Å². The van der Waals surface area contributed by atoms with Crippen molar-refractivity contribution in [1.82, 2.24) is 5.43 Å². The van der Waals surface area contributed by atoms with Crippen LogP contribution in [0.25, 0.3) is 0 Å². The average molecular weight is 220 g/mol. The van der Waals surface area contributed by atoms with Gasteiger partial charge in [0.05, 0.1) is 0 Å². The number of rotatable bonds is 4. The summed E-state index contributed by atoms with van der Waals surface area (Å²) < 4.78 is 0. The monoisotopic (exact) mass is 220 g/mol. The Kier molecular flexibility index (Phi) is 5.36. The number of aryl methyl sites for hydroxylation is 1. The molecule has 16 heavy (non-hydrogen) atoms. The molecule has 4 N–H and O–H groups in total. The van der Waals surface area contributed by atoms with Gasteiger partial charge in [0.25, 0.3) is 0 Å². The van der Waals surface area contributed by atoms with E-state index in [1.807, 2.05) is 25.1 Å². The van der Waals surface area contributed by atoms with Crippen molar-refractivity contribution in [1.29, 1.82) is 0 Å². The molecule has 0 radical (unpaired) electrons. The van der Waals surface area contributed by atoms with E-state index in [2.05, 4.69) is 28.7 Å². The van der Waals surface area contributed by atoms with E-state index in [1.54, 1.807) is 0 Å². The van der Waals surface area contributed by atoms with Gasteiger partial charge in [-0.15, -0.1) is 0 Å². The third-order valence-corrected chi connectivity index (χ3v) is 2.24. The lowest BCUT2D eigenvalue weighted by molar-refractivity contribution is 0.921. The van der Waals surface area contributed by atoms with Gasteiger partial charge in [0.15, 0.2) is 0 Å². The number of aliphatic imine (C=N–C) groups is 1. The molecule has 0 bridgehead atoms. The van der Waals surface area contributed by atoms with Gasteiger partial charge in [0.1, 0.15) is 0 Å². The van der Waals surface area contributed by atoms with Crippen LogP contribution in [0.5, 0.6) is 0 Å². The van der Waals surface area contributed by atoms with E-state index < -0.39 is 0 Å². The van der Waals surface area contributed by atoms with E-state index in [0.29, 0.717) is 12.5 Å². The Hall–Kier alpha value is -1.55. The Balaban J connectivity index is 2.82. The summed E-state index contributed by atoms with van der Waals surface area (Å²) >= 11 is 0. The summed E-state index contributed by atoms with van der Waals surface area (Å²) in [7, 11) is 0. The summed E-state index contributed by atoms with van der Waals surface area (Å²) in [5.74, 6) is 5.99. The van der Waals surface area contributed by atoms with Gasteiger partial charge in [0, 0.05) is 12.2 Å². The number of para-hydroxylation sites is 1. The number of nitrogens with two attached hydrogens (primary N) is 1. The number of hydrazine groups is 1. The number of anilines is 1. The van der Waals surface area contributed by atoms with E-state index in [0.717, 1.165) is 18.5 Å². The van der Waals surface area contributed by atoms with E-state index in [1.165, 1.54) is 5.56 Å². The first-order chi connectivity index (χ1) is 7.81. The first-order valence-corrected chi connectivity index (χ1v) is 5.67. The molecule has 0 spiro atoms. The van der Waals surface area contributed by atoms with Gasteiger partial charge in [-0.1, -0.05) is 31.5 Å². The molecular weight excluding hydrogens is 200 g/mol. The zero-order chi connectivity index (χ0) is 11.8. The smallest absolute Gasteiger partial charge is 0.210 e. The first kappa shape index (κ1) is 12.5. The van der Waals surface area contributed by atoms with Crippen LogP contribution in [-0.2, 0) is 6.42 Å². The van der Waals surface area contributed by atoms with Crippen LogP contribution in [0.2, 0.25) is 0 Å². The van der Waals surface area contributed by atoms with Crippen molar-refractivity contribution in [3.63, 3.8) is 0 Å². The van der Waals surface area contributed by atoms with Crippen molar-refractivity contribution in [3.8, 4) is 0 Å². The molecule has 0 unspecified atom stereocenters. The van der Waals surface area contributed by atoms with E-state index in [9.17, 15) is 0 Å². The van der Waals surface area contributed by atoms with E-state index >= 15 is 0 Å². The summed E-state index contributed by atoms with van der Waals surface area (Å²) in [6.45, 7) is 4.83. The lowest BCUT2D eigenvalue weighted by Crippen LogP contribution is -2.36. The molecule has 0 aliphatic rings. The number of nitrogens with one attached hydrogen (secondary N) is 2. The first-order valence-electron chi connectivity index (χ1n) is 5.67. The second-order valence-corrected chi connectivity index (χ2v) is 3.50. The Labute approximate surface area is 96.9 Å². The topological polar surface area (TPSA) is 62.4 Å². The van der Waals surface area contributed by atoms with E-state index in [4.69, 9.17) is 5.84 Å². The highest BCUT2D eigenvalue weighted by atomic mass is 15.3. The summed E-state index contributed by atoms with van der Waals surface area (Å²) in [5, 5.41) is 3.20. The SMILES string of the molecule is CCCc1ccccc1NC(=NCC)NN. The summed E-state index contributed by atoms with van der Waals surface area (Å²) in [4.78, 5) is 4.21. The van der Waals surface area contributed by atoms with Gasteiger partial charge in [-0.2, -0.15) is 0 Å². The molecule has 4 nitrogen and oxygen atoms in total. The molecule has 0 saturated carbocycles. The summed E-state index contributed by atoms with van der Waals surface area (Å²) in [6.07, 6.45) is 2.17. The lowest BCUT2D eigenvalue weighted by Gasteiger charge is -2.12. The van der Waals surface area contributed by atoms with Gasteiger partial charge in [-0.25, -0.2) is 5.84 Å². The number of hydrogen-bond acceptors (Lipinski definition) is 2. The highest BCUT2D eigenvalue weighted by molar-refractivity contribution is 5.93. The largest absolute Gasteiger partial charge is 0.325 e. The molecule has 0 heterocycles. The van der Waals surface area contributed by atoms with Gasteiger partial charge in [0.2, 0.25) is 5.96 Å². The fraction of sp³-hybridized carbons (Fsp3) is 0.417. The van der Waals surface area contributed by atoms with Gasteiger partial charge < -0.3 is 5.32 Å². The Bertz CT molecular complexity index is 347. The van der Waals surface area contributed by atoms with Crippen LogP contribution in [0.1, 0.15) is 25.8 Å². The molecule has 0 saturated heterocycles. The van der Waals surface area contributed by atoms with Gasteiger partial charge >= 0.3 is 0 Å². The third-order valence-electron chi connectivity index (χ3n) is 2.24. The highest BCUT2D eigenvalue weighted by Crippen LogP contribution is 2.16. The fourth-order valence-electron chi connectivity index (χ4n) is 1.54. The number of guanidine groups is 1. The molecule has 4 heteroatoms. The summed E-state index contributed by atoms with van der Waals surface area (Å²) in [5.41, 5.74) is 4.91. The molecule has 0 fully saturated rings. The van der Waals surface area contributed by atoms with Crippen LogP contribution in [0.3, 0.4) is 0 Å². The molecule has 0 atom stereocenters. The van der Waals surface area contributed by atoms with Crippen molar-refractivity contribution in [3.05, 3.63) is 29.8 Å². The minimum atomic E-state index is 0.603. The molecule has 1 rings (SSSR count). The van der Waals surface area contributed by atoms with Crippen molar-refractivity contribution in [2.45, 2.75) is 26.7 Å². The molecule has 0 aromatic heterocycles. The average Bonchev–Trinajstić information content (AvgIpc) is 2.31. The quantitative estimate of drug-likeness (QED) is 0.314. The van der Waals surface area contributed by atoms with E-state index in [-0.39, 0.29) is 0 Å². The Morgan fingerprint density at radius 1 is 1.31 bits per heavy atom. The van der Waals surface area contributed by atoms with Crippen LogP contribution < -0.4 is 16.6 Å². The van der Waals surface area contributed by atoms with Crippen LogP contribution in [0.15, 0.2) is 29.3 Å². The minimum Gasteiger partial charge on any atom is -0.325 e. The van der Waals surface area contributed by atoms with Crippen molar-refractivity contribution in [2.75, 3.05) is 11.9 Å². The maximum absolute atomic E-state index is 5.39. The Morgan fingerprint density at radius 3 is 2.69 bits per heavy atom. The fourth-order valence-corrected chi connectivity index (χ4v) is 1.54. The van der Waals surface area contributed by atoms with Crippen molar-refractivity contribution >= 4 is 11.6 Å². The maximum atomic E-state index is 5.39. The lowest BCUT2D eigenvalue weighted by atomic mass is 10.1. The molecule has 88 valence electrons. The molecule has 0 aliphatic heterocycles. The maximum Gasteiger partial charge on any atom is 0.210 e. The van der Waals surface area contributed by atoms with Gasteiger partial charge in [-0.05, 0) is 25.0 Å². The van der Waals surface area contributed by atoms with Crippen LogP contribution in [0.4, 0.5) is 5.69 Å². The standard InChI is InChI=1S/C12H20N4/c1-3-7-10-8-5-6-9-11(10)15-12(16-13)14-4-2/h5-6,8-9H,3-4,7,13H2,1-2H3,(H2,14,15,16). The second kappa shape index (κ2) is 6.85. The zero-order valence-electron chi connectivity index (χ0n) is 9.96. The van der Waals surface area contributed by atoms with Crippen molar-refractivity contribution < 1.29 is 0 Å². The zero-order valence-corrected chi connectivity index (χ0v) is 9.96. The van der Waals surface area contributed by atoms with Crippen LogP contribution in [0, 0.1) is 0 Å². The van der Waals surface area contributed by atoms with Crippen molar-refractivity contribution in [2.24, 2.45) is 10.8 Å². The minimum absolute atomic E-state index is 0.603. The highest BCUT2D eigenvalue weighted by Gasteiger charge is 2.02. The normalized spacial score (nSPS) is 11.3. The molecular formula is C12H20N4. The second-order valence-electron chi connectivity index (χ2n) is 3.50. The third kappa shape index (κ3) is 3.55. The number of nitrogens with zero attached hydrogens (tertiary/aromatic N) is 1.